The van der Waals surface area contributed by atoms with Crippen LogP contribution in [0.15, 0.2) is 23.1 Å². The molecular formula is C43H74B2O11. The molecule has 0 aromatic carbocycles. The van der Waals surface area contributed by atoms with Crippen LogP contribution in [0.5, 0.6) is 0 Å². The van der Waals surface area contributed by atoms with Crippen molar-refractivity contribution < 1.29 is 52.0 Å². The number of esters is 3. The van der Waals surface area contributed by atoms with Crippen LogP contribution in [-0.4, -0.2) is 80.2 Å². The van der Waals surface area contributed by atoms with Crippen LogP contribution in [0.25, 0.3) is 0 Å². The molecule has 0 unspecified atom stereocenters. The third-order valence-electron chi connectivity index (χ3n) is 12.6. The quantitative estimate of drug-likeness (QED) is 0.133. The van der Waals surface area contributed by atoms with Crippen molar-refractivity contribution in [2.75, 3.05) is 19.8 Å². The molecule has 6 atom stereocenters. The summed E-state index contributed by atoms with van der Waals surface area (Å²) in [5.74, 6) is 0.374. The SMILES string of the molecule is C.CCOC(=O)[C@@H]1CC=C(B2OC(C)(C)C(C)(C)O2)C[C@@H]1C.CCOC(=O)[C@@H]1CCC(=O)C[C@@H]1C.CCOC(=O)[C@@H]1CCC(B2OC(C)(C)C(C)(C)O2)=C[C@@H]1C. The maximum Gasteiger partial charge on any atom is 0.490 e. The van der Waals surface area contributed by atoms with Crippen molar-refractivity contribution in [2.45, 2.75) is 172 Å². The molecule has 3 fully saturated rings. The Morgan fingerprint density at radius 2 is 1.02 bits per heavy atom. The summed E-state index contributed by atoms with van der Waals surface area (Å²) in [6, 6.07) is 0. The molecular weight excluding hydrogens is 714 g/mol. The number of hydrogen-bond acceptors (Lipinski definition) is 11. The lowest BCUT2D eigenvalue weighted by atomic mass is 9.67. The van der Waals surface area contributed by atoms with Crippen LogP contribution in [-0.2, 0) is 52.0 Å². The van der Waals surface area contributed by atoms with Crippen LogP contribution < -0.4 is 0 Å². The van der Waals surface area contributed by atoms with E-state index in [9.17, 15) is 19.2 Å². The molecule has 0 radical (unpaired) electrons. The van der Waals surface area contributed by atoms with E-state index in [0.29, 0.717) is 45.5 Å². The van der Waals surface area contributed by atoms with Gasteiger partial charge in [-0.2, -0.15) is 0 Å². The van der Waals surface area contributed by atoms with E-state index in [1.165, 1.54) is 0 Å². The fourth-order valence-electron chi connectivity index (χ4n) is 7.57. The molecule has 0 amide bonds. The number of carbonyl (C=O) groups excluding carboxylic acids is 4. The van der Waals surface area contributed by atoms with Gasteiger partial charge in [0.25, 0.3) is 0 Å². The molecule has 56 heavy (non-hydrogen) atoms. The summed E-state index contributed by atoms with van der Waals surface area (Å²) in [6.45, 7) is 29.4. The van der Waals surface area contributed by atoms with E-state index in [2.05, 4.69) is 81.4 Å². The Bertz CT molecular complexity index is 1370. The van der Waals surface area contributed by atoms with Gasteiger partial charge in [0.1, 0.15) is 5.78 Å². The van der Waals surface area contributed by atoms with E-state index in [0.717, 1.165) is 30.2 Å². The van der Waals surface area contributed by atoms with Gasteiger partial charge in [-0.1, -0.05) is 40.3 Å². The van der Waals surface area contributed by atoms with E-state index >= 15 is 0 Å². The zero-order chi connectivity index (χ0) is 41.5. The van der Waals surface area contributed by atoms with Gasteiger partial charge >= 0.3 is 32.1 Å². The number of ketones is 1. The predicted octanol–water partition coefficient (Wildman–Crippen LogP) is 8.50. The highest BCUT2D eigenvalue weighted by atomic mass is 16.7. The third kappa shape index (κ3) is 12.3. The molecule has 0 bridgehead atoms. The number of hydrogen-bond donors (Lipinski definition) is 0. The largest absolute Gasteiger partial charge is 0.490 e. The molecule has 2 saturated heterocycles. The summed E-state index contributed by atoms with van der Waals surface area (Å²) in [4.78, 5) is 46.3. The first-order valence-corrected chi connectivity index (χ1v) is 20.6. The van der Waals surface area contributed by atoms with Crippen molar-refractivity contribution in [2.24, 2.45) is 35.5 Å². The highest BCUT2D eigenvalue weighted by molar-refractivity contribution is 6.55. The van der Waals surface area contributed by atoms with Crippen LogP contribution in [0.2, 0.25) is 0 Å². The minimum Gasteiger partial charge on any atom is -0.466 e. The Kier molecular flexibility index (Phi) is 18.2. The minimum atomic E-state index is -0.320. The lowest BCUT2D eigenvalue weighted by Gasteiger charge is -2.32. The Labute approximate surface area is 339 Å². The molecule has 2 heterocycles. The molecule has 0 aromatic heterocycles. The molecule has 13 heteroatoms. The summed E-state index contributed by atoms with van der Waals surface area (Å²) in [6.07, 6.45) is 9.12. The second kappa shape index (κ2) is 20.5. The molecule has 1 saturated carbocycles. The normalized spacial score (nSPS) is 29.9. The smallest absolute Gasteiger partial charge is 0.466 e. The number of Topliss-reactive ketones (excluding diaryl/α,β-unsaturated/α-hetero) is 1. The Morgan fingerprint density at radius 1 is 0.625 bits per heavy atom. The standard InChI is InChI=1S/2C16H27BO4.C10H16O3.CH4/c2*1-7-19-14(18)13-9-8-12(10-11(13)2)17-20-15(3,4)16(5,6)21-17;1-3-13-10(12)9-5-4-8(11)6-7(9)2;/h10-11,13H,7-9H2,1-6H3;8,11,13H,7,9-10H2,1-6H3;7,9H,3-6H2,1-2H3;1H4/t2*11-,13+;7-,9+;/m000./s1. The molecule has 318 valence electrons. The summed E-state index contributed by atoms with van der Waals surface area (Å²) < 4.78 is 39.6. The maximum atomic E-state index is 11.9. The fraction of sp³-hybridized carbons (Fsp3) is 0.814. The zero-order valence-electron chi connectivity index (χ0n) is 36.3. The number of rotatable bonds is 8. The Hall–Kier alpha value is -2.47. The van der Waals surface area contributed by atoms with Gasteiger partial charge in [0.05, 0.1) is 60.0 Å². The predicted molar refractivity (Wildman–Crippen MR) is 220 cm³/mol. The molecule has 0 N–H and O–H groups in total. The van der Waals surface area contributed by atoms with Crippen molar-refractivity contribution >= 4 is 37.9 Å². The highest BCUT2D eigenvalue weighted by Crippen LogP contribution is 2.43. The number of allylic oxidation sites excluding steroid dienone is 4. The van der Waals surface area contributed by atoms with Crippen molar-refractivity contribution in [3.8, 4) is 0 Å². The Balaban J connectivity index is 0.000000296. The van der Waals surface area contributed by atoms with Crippen molar-refractivity contribution in [3.63, 3.8) is 0 Å². The van der Waals surface area contributed by atoms with Crippen LogP contribution in [0.4, 0.5) is 0 Å². The van der Waals surface area contributed by atoms with E-state index < -0.39 is 0 Å². The summed E-state index contributed by atoms with van der Waals surface area (Å²) >= 11 is 0. The van der Waals surface area contributed by atoms with Crippen LogP contribution in [0.3, 0.4) is 0 Å². The number of carbonyl (C=O) groups is 4. The highest BCUT2D eigenvalue weighted by Gasteiger charge is 2.54. The van der Waals surface area contributed by atoms with Gasteiger partial charge in [0.15, 0.2) is 0 Å². The van der Waals surface area contributed by atoms with Gasteiger partial charge in [-0.05, 0) is 137 Å². The average Bonchev–Trinajstić information content (AvgIpc) is 3.44. The second-order valence-corrected chi connectivity index (χ2v) is 17.8. The van der Waals surface area contributed by atoms with Gasteiger partial charge in [-0.15, -0.1) is 0 Å². The summed E-state index contributed by atoms with van der Waals surface area (Å²) in [5.41, 5.74) is 1.03. The van der Waals surface area contributed by atoms with Crippen LogP contribution in [0.1, 0.15) is 149 Å². The van der Waals surface area contributed by atoms with Gasteiger partial charge < -0.3 is 32.8 Å². The van der Waals surface area contributed by atoms with Gasteiger partial charge in [-0.3, -0.25) is 19.2 Å². The molecule has 5 rings (SSSR count). The molecule has 11 nitrogen and oxygen atoms in total. The monoisotopic (exact) mass is 789 g/mol. The molecule has 5 aliphatic rings. The maximum absolute atomic E-state index is 11.9. The van der Waals surface area contributed by atoms with Crippen molar-refractivity contribution in [1.82, 2.24) is 0 Å². The molecule has 0 spiro atoms. The molecule has 2 aliphatic heterocycles. The minimum absolute atomic E-state index is 0. The van der Waals surface area contributed by atoms with E-state index in [1.807, 2.05) is 20.8 Å². The molecule has 3 aliphatic carbocycles. The molecule has 0 aromatic rings. The Morgan fingerprint density at radius 3 is 1.43 bits per heavy atom. The van der Waals surface area contributed by atoms with Gasteiger partial charge in [-0.25, -0.2) is 0 Å². The lowest BCUT2D eigenvalue weighted by Crippen LogP contribution is -2.41. The van der Waals surface area contributed by atoms with Gasteiger partial charge in [0, 0.05) is 12.8 Å². The fourth-order valence-corrected chi connectivity index (χ4v) is 7.57. The van der Waals surface area contributed by atoms with Crippen LogP contribution in [0, 0.1) is 35.5 Å². The van der Waals surface area contributed by atoms with Gasteiger partial charge in [0.2, 0.25) is 0 Å². The van der Waals surface area contributed by atoms with E-state index in [-0.39, 0.29) is 103 Å². The second-order valence-electron chi connectivity index (χ2n) is 17.8. The lowest BCUT2D eigenvalue weighted by molar-refractivity contribution is -0.152. The van der Waals surface area contributed by atoms with Crippen molar-refractivity contribution in [3.05, 3.63) is 23.1 Å². The third-order valence-corrected chi connectivity index (χ3v) is 12.6. The average molecular weight is 789 g/mol. The first kappa shape index (κ1) is 49.7. The topological polar surface area (TPSA) is 133 Å². The van der Waals surface area contributed by atoms with Crippen LogP contribution >= 0.6 is 0 Å². The van der Waals surface area contributed by atoms with Crippen molar-refractivity contribution in [1.29, 1.82) is 0 Å². The first-order valence-electron chi connectivity index (χ1n) is 20.6. The van der Waals surface area contributed by atoms with E-state index in [1.54, 1.807) is 6.92 Å². The first-order chi connectivity index (χ1) is 25.5. The summed E-state index contributed by atoms with van der Waals surface area (Å²) in [5, 5.41) is 0. The van der Waals surface area contributed by atoms with E-state index in [4.69, 9.17) is 32.8 Å². The zero-order valence-corrected chi connectivity index (χ0v) is 36.3. The summed E-state index contributed by atoms with van der Waals surface area (Å²) in [7, 11) is -0.582. The number of ether oxygens (including phenoxy) is 3.